The summed E-state index contributed by atoms with van der Waals surface area (Å²) in [5, 5.41) is 13.1. The highest BCUT2D eigenvalue weighted by molar-refractivity contribution is 7.90. The van der Waals surface area contributed by atoms with Crippen molar-refractivity contribution in [1.29, 1.82) is 5.26 Å². The average Bonchev–Trinajstić information content (AvgIpc) is 3.32. The van der Waals surface area contributed by atoms with Gasteiger partial charge >= 0.3 is 0 Å². The maximum atomic E-state index is 13.6. The first-order chi connectivity index (χ1) is 16.4. The van der Waals surface area contributed by atoms with Crippen LogP contribution in [0.1, 0.15) is 71.8 Å². The van der Waals surface area contributed by atoms with Crippen molar-refractivity contribution in [3.05, 3.63) is 29.8 Å². The molecule has 1 aromatic carbocycles. The fourth-order valence-corrected chi connectivity index (χ4v) is 6.70. The Bertz CT molecular complexity index is 1140. The molecule has 1 amide bonds. The van der Waals surface area contributed by atoms with Crippen molar-refractivity contribution < 1.29 is 13.2 Å². The first-order valence-electron chi connectivity index (χ1n) is 12.6. The summed E-state index contributed by atoms with van der Waals surface area (Å²) < 4.78 is 27.6. The Labute approximate surface area is 209 Å². The highest BCUT2D eigenvalue weighted by atomic mass is 32.2. The Morgan fingerprint density at radius 3 is 2.63 bits per heavy atom. The Hall–Kier alpha value is -2.44. The molecule has 3 aliphatic rings. The van der Waals surface area contributed by atoms with Gasteiger partial charge in [-0.25, -0.2) is 8.42 Å². The minimum Gasteiger partial charge on any atom is -0.335 e. The van der Waals surface area contributed by atoms with Gasteiger partial charge in [0, 0.05) is 24.7 Å². The van der Waals surface area contributed by atoms with Crippen LogP contribution >= 0.6 is 0 Å². The van der Waals surface area contributed by atoms with Gasteiger partial charge < -0.3 is 5.32 Å². The highest BCUT2D eigenvalue weighted by Crippen LogP contribution is 2.32. The first-order valence-corrected chi connectivity index (χ1v) is 14.1. The molecule has 0 spiro atoms. The van der Waals surface area contributed by atoms with Gasteiger partial charge in [-0.2, -0.15) is 5.26 Å². The Kier molecular flexibility index (Phi) is 7.00. The number of nitrogens with zero attached hydrogens (tertiary/aromatic N) is 3. The number of benzene rings is 1. The summed E-state index contributed by atoms with van der Waals surface area (Å²) >= 11 is 0. The summed E-state index contributed by atoms with van der Waals surface area (Å²) in [6, 6.07) is 8.66. The van der Waals surface area contributed by atoms with Gasteiger partial charge in [0.25, 0.3) is 10.0 Å². The molecular weight excluding hydrogens is 462 g/mol. The summed E-state index contributed by atoms with van der Waals surface area (Å²) in [5.74, 6) is 0.599. The molecule has 35 heavy (non-hydrogen) atoms. The van der Waals surface area contributed by atoms with Crippen LogP contribution < -0.4 is 10.0 Å². The first kappa shape index (κ1) is 25.6. The lowest BCUT2D eigenvalue weighted by Gasteiger charge is -2.34. The van der Waals surface area contributed by atoms with Crippen LogP contribution in [0.15, 0.2) is 34.2 Å². The lowest BCUT2D eigenvalue weighted by atomic mass is 9.86. The normalized spacial score (nSPS) is 30.3. The molecule has 0 radical (unpaired) electrons. The fourth-order valence-electron chi connectivity index (χ4n) is 5.46. The van der Waals surface area contributed by atoms with Crippen molar-refractivity contribution in [3.8, 4) is 6.07 Å². The van der Waals surface area contributed by atoms with Crippen molar-refractivity contribution >= 4 is 21.8 Å². The standard InChI is InChI=1S/C26H37N5O3S/c1-18-9-11-19(12-10-18)31-14-13-26(16-27,17-31)29-24(32)21(15-25(2,3)4)28-23-20-7-5-6-8-22(20)35(33,34)30-23/h5-8,18-19,21H,9-15,17H2,1-4H3,(H,28,30)(H,29,32). The molecule has 190 valence electrons. The topological polar surface area (TPSA) is 115 Å². The van der Waals surface area contributed by atoms with E-state index >= 15 is 0 Å². The number of nitrogens with one attached hydrogen (secondary N) is 2. The number of fused-ring (bicyclic) bond motifs is 1. The van der Waals surface area contributed by atoms with Crippen molar-refractivity contribution in [2.75, 3.05) is 13.1 Å². The van der Waals surface area contributed by atoms with E-state index in [2.05, 4.69) is 32.9 Å². The molecule has 2 unspecified atom stereocenters. The number of sulfonamides is 1. The lowest BCUT2D eigenvalue weighted by Crippen LogP contribution is -2.53. The SMILES string of the molecule is CC1CCC(N2CCC(C#N)(NC(=O)C(CC(C)(C)C)N=C3NS(=O)(=O)c4ccccc43)C2)CC1. The number of aliphatic imine (C=N–C) groups is 1. The van der Waals surface area contributed by atoms with Crippen LogP contribution in [0.3, 0.4) is 0 Å². The van der Waals surface area contributed by atoms with Crippen molar-refractivity contribution in [1.82, 2.24) is 14.9 Å². The molecule has 2 fully saturated rings. The van der Waals surface area contributed by atoms with Gasteiger partial charge in [0.05, 0.1) is 11.0 Å². The van der Waals surface area contributed by atoms with E-state index in [1.165, 1.54) is 18.9 Å². The van der Waals surface area contributed by atoms with E-state index in [4.69, 9.17) is 0 Å². The number of carbonyl (C=O) groups excluding carboxylic acids is 1. The lowest BCUT2D eigenvalue weighted by molar-refractivity contribution is -0.124. The second-order valence-corrected chi connectivity index (χ2v) is 13.3. The molecule has 2 aliphatic heterocycles. The second-order valence-electron chi connectivity index (χ2n) is 11.7. The summed E-state index contributed by atoms with van der Waals surface area (Å²) in [4.78, 5) is 20.7. The molecule has 1 saturated heterocycles. The van der Waals surface area contributed by atoms with Crippen LogP contribution in [-0.2, 0) is 14.8 Å². The summed E-state index contributed by atoms with van der Waals surface area (Å²) in [5.41, 5.74) is -0.722. The number of amidine groups is 1. The van der Waals surface area contributed by atoms with Crippen LogP contribution in [0.2, 0.25) is 0 Å². The Morgan fingerprint density at radius 2 is 1.97 bits per heavy atom. The minimum atomic E-state index is -3.70. The monoisotopic (exact) mass is 499 g/mol. The molecule has 2 atom stereocenters. The number of nitriles is 1. The molecule has 1 aliphatic carbocycles. The zero-order chi connectivity index (χ0) is 25.4. The molecule has 4 rings (SSSR count). The van der Waals surface area contributed by atoms with E-state index in [0.717, 1.165) is 25.3 Å². The average molecular weight is 500 g/mol. The number of amides is 1. The third kappa shape index (κ3) is 5.70. The fraction of sp³-hybridized carbons (Fsp3) is 0.654. The van der Waals surface area contributed by atoms with Gasteiger partial charge in [-0.1, -0.05) is 39.8 Å². The largest absolute Gasteiger partial charge is 0.335 e. The van der Waals surface area contributed by atoms with Crippen LogP contribution in [-0.4, -0.2) is 55.8 Å². The van der Waals surface area contributed by atoms with Crippen LogP contribution in [0.4, 0.5) is 0 Å². The zero-order valence-electron chi connectivity index (χ0n) is 21.2. The molecule has 0 bridgehead atoms. The van der Waals surface area contributed by atoms with Gasteiger partial charge in [0.2, 0.25) is 5.91 Å². The highest BCUT2D eigenvalue weighted by Gasteiger charge is 2.44. The number of hydrogen-bond donors (Lipinski definition) is 2. The third-order valence-corrected chi connectivity index (χ3v) is 8.83. The van der Waals surface area contributed by atoms with E-state index < -0.39 is 21.6 Å². The Morgan fingerprint density at radius 1 is 1.29 bits per heavy atom. The Balaban J connectivity index is 1.55. The van der Waals surface area contributed by atoms with Gasteiger partial charge in [-0.3, -0.25) is 19.4 Å². The molecule has 9 heteroatoms. The van der Waals surface area contributed by atoms with Gasteiger partial charge in [-0.15, -0.1) is 0 Å². The smallest absolute Gasteiger partial charge is 0.263 e. The third-order valence-electron chi connectivity index (χ3n) is 7.43. The molecule has 1 saturated carbocycles. The van der Waals surface area contributed by atoms with Crippen molar-refractivity contribution in [2.45, 2.75) is 88.7 Å². The molecule has 0 aromatic heterocycles. The number of rotatable bonds is 5. The minimum absolute atomic E-state index is 0.162. The maximum absolute atomic E-state index is 13.6. The van der Waals surface area contributed by atoms with Crippen molar-refractivity contribution in [2.24, 2.45) is 16.3 Å². The van der Waals surface area contributed by atoms with E-state index in [9.17, 15) is 18.5 Å². The van der Waals surface area contributed by atoms with E-state index in [0.29, 0.717) is 31.0 Å². The van der Waals surface area contributed by atoms with Gasteiger partial charge in [0.15, 0.2) is 0 Å². The number of likely N-dealkylation sites (tertiary alicyclic amines) is 1. The van der Waals surface area contributed by atoms with Gasteiger partial charge in [0.1, 0.15) is 17.4 Å². The van der Waals surface area contributed by atoms with Crippen molar-refractivity contribution in [3.63, 3.8) is 0 Å². The van der Waals surface area contributed by atoms with E-state index in [-0.39, 0.29) is 22.1 Å². The quantitative estimate of drug-likeness (QED) is 0.646. The molecule has 1 aromatic rings. The summed E-state index contributed by atoms with van der Waals surface area (Å²) in [6.45, 7) is 9.64. The molecular formula is C26H37N5O3S. The number of carbonyl (C=O) groups is 1. The zero-order valence-corrected chi connectivity index (χ0v) is 22.0. The molecule has 2 N–H and O–H groups in total. The maximum Gasteiger partial charge on any atom is 0.263 e. The molecule has 8 nitrogen and oxygen atoms in total. The summed E-state index contributed by atoms with van der Waals surface area (Å²) in [7, 11) is -3.70. The van der Waals surface area contributed by atoms with Gasteiger partial charge in [-0.05, 0) is 62.0 Å². The van der Waals surface area contributed by atoms with E-state index in [1.54, 1.807) is 18.2 Å². The van der Waals surface area contributed by atoms with Crippen LogP contribution in [0, 0.1) is 22.7 Å². The second kappa shape index (κ2) is 9.55. The van der Waals surface area contributed by atoms with Crippen LogP contribution in [0.25, 0.3) is 0 Å². The molecule has 2 heterocycles. The van der Waals surface area contributed by atoms with E-state index in [1.807, 2.05) is 20.8 Å². The summed E-state index contributed by atoms with van der Waals surface area (Å²) in [6.07, 6.45) is 5.67. The number of hydrogen-bond acceptors (Lipinski definition) is 6. The predicted molar refractivity (Wildman–Crippen MR) is 135 cm³/mol. The predicted octanol–water partition coefficient (Wildman–Crippen LogP) is 3.19. The van der Waals surface area contributed by atoms with Crippen LogP contribution in [0.5, 0.6) is 0 Å².